The molecule has 8 nitrogen and oxygen atoms in total. The molecule has 0 heterocycles. The second kappa shape index (κ2) is 7.77. The summed E-state index contributed by atoms with van der Waals surface area (Å²) in [5, 5.41) is 7.73. The van der Waals surface area contributed by atoms with E-state index in [1.54, 1.807) is 31.4 Å². The lowest BCUT2D eigenvalue weighted by Gasteiger charge is -2.10. The number of hydrazine groups is 1. The number of amides is 1. The Morgan fingerprint density at radius 3 is 2.17 bits per heavy atom. The van der Waals surface area contributed by atoms with Gasteiger partial charge >= 0.3 is 0 Å². The number of carbonyl (C=O) groups is 1. The Morgan fingerprint density at radius 1 is 1.04 bits per heavy atom. The van der Waals surface area contributed by atoms with Crippen LogP contribution in [0.3, 0.4) is 0 Å². The van der Waals surface area contributed by atoms with E-state index >= 15 is 0 Å². The molecule has 128 valence electrons. The van der Waals surface area contributed by atoms with Crippen LogP contribution in [0, 0.1) is 0 Å². The maximum absolute atomic E-state index is 11.8. The second-order valence-corrected chi connectivity index (χ2v) is 6.39. The van der Waals surface area contributed by atoms with Gasteiger partial charge < -0.3 is 15.5 Å². The van der Waals surface area contributed by atoms with E-state index in [9.17, 15) is 13.2 Å². The van der Waals surface area contributed by atoms with Crippen molar-refractivity contribution in [2.75, 3.05) is 24.4 Å². The molecule has 2 aromatic rings. The van der Waals surface area contributed by atoms with Crippen molar-refractivity contribution in [2.45, 2.75) is 4.90 Å². The molecule has 0 aromatic heterocycles. The standard InChI is InChI=1S/C15H18N4O4S/c1-23-13-6-2-11(3-7-13)18-15(20)10-17-19-12-4-8-14(9-5-12)24(16,21)22/h2-9,17,19H,10H2,1H3,(H,18,20)(H2,16,21,22). The molecule has 0 fully saturated rings. The zero-order valence-corrected chi connectivity index (χ0v) is 13.8. The molecule has 0 spiro atoms. The van der Waals surface area contributed by atoms with Crippen LogP contribution in [0.15, 0.2) is 53.4 Å². The molecule has 0 saturated carbocycles. The van der Waals surface area contributed by atoms with Crippen LogP contribution in [-0.4, -0.2) is 28.0 Å². The Bertz CT molecular complexity index is 789. The third kappa shape index (κ3) is 5.23. The van der Waals surface area contributed by atoms with E-state index in [2.05, 4.69) is 16.2 Å². The molecule has 0 unspecified atom stereocenters. The molecule has 0 atom stereocenters. The van der Waals surface area contributed by atoms with Crippen LogP contribution in [0.2, 0.25) is 0 Å². The average Bonchev–Trinajstić information content (AvgIpc) is 2.55. The van der Waals surface area contributed by atoms with Gasteiger partial charge in [0.2, 0.25) is 15.9 Å². The third-order valence-corrected chi connectivity index (χ3v) is 3.97. The van der Waals surface area contributed by atoms with Gasteiger partial charge in [0.15, 0.2) is 0 Å². The van der Waals surface area contributed by atoms with Gasteiger partial charge in [0.05, 0.1) is 18.6 Å². The molecular weight excluding hydrogens is 332 g/mol. The first-order valence-electron chi connectivity index (χ1n) is 6.94. The minimum absolute atomic E-state index is 0.0168. The summed E-state index contributed by atoms with van der Waals surface area (Å²) in [5.41, 5.74) is 6.78. The quantitative estimate of drug-likeness (QED) is 0.550. The van der Waals surface area contributed by atoms with Crippen molar-refractivity contribution in [2.24, 2.45) is 5.14 Å². The van der Waals surface area contributed by atoms with Crippen molar-refractivity contribution in [3.05, 3.63) is 48.5 Å². The van der Waals surface area contributed by atoms with Crippen molar-refractivity contribution in [3.8, 4) is 5.75 Å². The van der Waals surface area contributed by atoms with Gasteiger partial charge in [-0.15, -0.1) is 0 Å². The summed E-state index contributed by atoms with van der Waals surface area (Å²) in [5.74, 6) is 0.463. The molecule has 0 aliphatic carbocycles. The highest BCUT2D eigenvalue weighted by Crippen LogP contribution is 2.15. The SMILES string of the molecule is COc1ccc(NC(=O)CNNc2ccc(S(N)(=O)=O)cc2)cc1. The molecule has 0 radical (unpaired) electrons. The fraction of sp³-hybridized carbons (Fsp3) is 0.133. The number of hydrogen-bond acceptors (Lipinski definition) is 6. The van der Waals surface area contributed by atoms with Gasteiger partial charge in [0, 0.05) is 11.4 Å². The van der Waals surface area contributed by atoms with Crippen LogP contribution in [0.1, 0.15) is 0 Å². The van der Waals surface area contributed by atoms with Gasteiger partial charge in [-0.25, -0.2) is 19.0 Å². The molecule has 2 aromatic carbocycles. The zero-order chi connectivity index (χ0) is 17.6. The van der Waals surface area contributed by atoms with E-state index in [1.807, 2.05) is 0 Å². The average molecular weight is 350 g/mol. The zero-order valence-electron chi connectivity index (χ0n) is 12.9. The first-order chi connectivity index (χ1) is 11.4. The largest absolute Gasteiger partial charge is 0.497 e. The summed E-state index contributed by atoms with van der Waals surface area (Å²) < 4.78 is 27.3. The van der Waals surface area contributed by atoms with Crippen LogP contribution < -0.4 is 26.0 Å². The molecule has 0 bridgehead atoms. The van der Waals surface area contributed by atoms with E-state index in [0.717, 1.165) is 0 Å². The van der Waals surface area contributed by atoms with Crippen molar-refractivity contribution < 1.29 is 17.9 Å². The second-order valence-electron chi connectivity index (χ2n) is 4.82. The van der Waals surface area contributed by atoms with Gasteiger partial charge in [-0.05, 0) is 48.5 Å². The Hall–Kier alpha value is -2.62. The van der Waals surface area contributed by atoms with Crippen molar-refractivity contribution in [1.82, 2.24) is 5.43 Å². The molecule has 24 heavy (non-hydrogen) atoms. The first-order valence-corrected chi connectivity index (χ1v) is 8.49. The maximum Gasteiger partial charge on any atom is 0.240 e. The number of nitrogens with one attached hydrogen (secondary N) is 3. The number of hydrogen-bond donors (Lipinski definition) is 4. The molecule has 0 aliphatic heterocycles. The minimum Gasteiger partial charge on any atom is -0.497 e. The Labute approximate surface area is 140 Å². The summed E-state index contributed by atoms with van der Waals surface area (Å²) in [6.45, 7) is 0.0168. The highest BCUT2D eigenvalue weighted by molar-refractivity contribution is 7.89. The Balaban J connectivity index is 1.79. The number of anilines is 2. The fourth-order valence-corrected chi connectivity index (χ4v) is 2.35. The normalized spacial score (nSPS) is 10.9. The number of methoxy groups -OCH3 is 1. The van der Waals surface area contributed by atoms with Crippen LogP contribution >= 0.6 is 0 Å². The van der Waals surface area contributed by atoms with Crippen LogP contribution in [0.4, 0.5) is 11.4 Å². The highest BCUT2D eigenvalue weighted by Gasteiger charge is 2.07. The van der Waals surface area contributed by atoms with Gasteiger partial charge in [0.1, 0.15) is 5.75 Å². The number of carbonyl (C=O) groups excluding carboxylic acids is 1. The van der Waals surface area contributed by atoms with Crippen LogP contribution in [0.5, 0.6) is 5.75 Å². The lowest BCUT2D eigenvalue weighted by Crippen LogP contribution is -2.32. The molecular formula is C15H18N4O4S. The lowest BCUT2D eigenvalue weighted by atomic mass is 10.3. The molecule has 1 amide bonds. The van der Waals surface area contributed by atoms with Crippen molar-refractivity contribution in [1.29, 1.82) is 0 Å². The topological polar surface area (TPSA) is 123 Å². The highest BCUT2D eigenvalue weighted by atomic mass is 32.2. The van der Waals surface area contributed by atoms with Gasteiger partial charge in [-0.2, -0.15) is 0 Å². The van der Waals surface area contributed by atoms with Crippen molar-refractivity contribution >= 4 is 27.3 Å². The number of rotatable bonds is 7. The summed E-state index contributed by atoms with van der Waals surface area (Å²) >= 11 is 0. The molecule has 2 rings (SSSR count). The Kier molecular flexibility index (Phi) is 5.74. The molecule has 0 saturated heterocycles. The van der Waals surface area contributed by atoms with E-state index in [4.69, 9.17) is 9.88 Å². The van der Waals surface area contributed by atoms with Gasteiger partial charge in [-0.3, -0.25) is 4.79 Å². The molecule has 0 aliphatic rings. The summed E-state index contributed by atoms with van der Waals surface area (Å²) in [6.07, 6.45) is 0. The summed E-state index contributed by atoms with van der Waals surface area (Å²) in [4.78, 5) is 11.8. The van der Waals surface area contributed by atoms with E-state index in [-0.39, 0.29) is 17.3 Å². The lowest BCUT2D eigenvalue weighted by molar-refractivity contribution is -0.115. The van der Waals surface area contributed by atoms with Crippen LogP contribution in [-0.2, 0) is 14.8 Å². The summed E-state index contributed by atoms with van der Waals surface area (Å²) in [7, 11) is -2.15. The van der Waals surface area contributed by atoms with E-state index in [1.165, 1.54) is 24.3 Å². The minimum atomic E-state index is -3.71. The third-order valence-electron chi connectivity index (χ3n) is 3.04. The number of primary sulfonamides is 1. The number of ether oxygens (including phenoxy) is 1. The number of benzene rings is 2. The predicted molar refractivity (Wildman–Crippen MR) is 91.1 cm³/mol. The summed E-state index contributed by atoms with van der Waals surface area (Å²) in [6, 6.07) is 12.8. The molecule has 5 N–H and O–H groups in total. The number of nitrogens with two attached hydrogens (primary N) is 1. The fourth-order valence-electron chi connectivity index (χ4n) is 1.83. The van der Waals surface area contributed by atoms with E-state index in [0.29, 0.717) is 17.1 Å². The Morgan fingerprint density at radius 2 is 1.62 bits per heavy atom. The predicted octanol–water partition coefficient (Wildman–Crippen LogP) is 0.898. The maximum atomic E-state index is 11.8. The van der Waals surface area contributed by atoms with Gasteiger partial charge in [0.25, 0.3) is 0 Å². The van der Waals surface area contributed by atoms with Gasteiger partial charge in [-0.1, -0.05) is 0 Å². The number of sulfonamides is 1. The monoisotopic (exact) mass is 350 g/mol. The smallest absolute Gasteiger partial charge is 0.240 e. The van der Waals surface area contributed by atoms with E-state index < -0.39 is 10.0 Å². The first kappa shape index (κ1) is 17.7. The van der Waals surface area contributed by atoms with Crippen molar-refractivity contribution in [3.63, 3.8) is 0 Å². The van der Waals surface area contributed by atoms with Crippen LogP contribution in [0.25, 0.3) is 0 Å². The molecule has 9 heteroatoms.